The van der Waals surface area contributed by atoms with Crippen molar-refractivity contribution in [3.63, 3.8) is 0 Å². The number of aliphatic hydroxyl groups excluding tert-OH is 1. The molecule has 4 nitrogen and oxygen atoms in total. The third-order valence-corrected chi connectivity index (χ3v) is 2.64. The van der Waals surface area contributed by atoms with Gasteiger partial charge < -0.3 is 10.4 Å². The number of aromatic nitrogens is 2. The van der Waals surface area contributed by atoms with Crippen LogP contribution in [0, 0.1) is 0 Å². The average Bonchev–Trinajstić information content (AvgIpc) is 2.66. The average molecular weight is 235 g/mol. The van der Waals surface area contributed by atoms with E-state index in [1.165, 1.54) is 11.5 Å². The molecule has 0 saturated heterocycles. The first-order valence-electron chi connectivity index (χ1n) is 5.07. The molecule has 0 spiro atoms. The fourth-order valence-electron chi connectivity index (χ4n) is 1.30. The molecule has 16 heavy (non-hydrogen) atoms. The summed E-state index contributed by atoms with van der Waals surface area (Å²) in [5, 5.41) is 13.1. The zero-order valence-corrected chi connectivity index (χ0v) is 9.74. The Morgan fingerprint density at radius 2 is 2.12 bits per heavy atom. The smallest absolute Gasteiger partial charge is 0.207 e. The van der Waals surface area contributed by atoms with Gasteiger partial charge >= 0.3 is 0 Å². The molecular formula is C11H13N3OS. The van der Waals surface area contributed by atoms with Crippen molar-refractivity contribution in [1.82, 2.24) is 9.36 Å². The molecule has 2 rings (SSSR count). The summed E-state index contributed by atoms with van der Waals surface area (Å²) in [6, 6.07) is 9.82. The van der Waals surface area contributed by atoms with E-state index < -0.39 is 6.10 Å². The minimum Gasteiger partial charge on any atom is -0.393 e. The summed E-state index contributed by atoms with van der Waals surface area (Å²) in [5.74, 6) is 0.679. The van der Waals surface area contributed by atoms with Crippen LogP contribution in [-0.2, 0) is 6.42 Å². The fraction of sp³-hybridized carbons (Fsp3) is 0.273. The second kappa shape index (κ2) is 5.05. The van der Waals surface area contributed by atoms with E-state index in [-0.39, 0.29) is 0 Å². The summed E-state index contributed by atoms with van der Waals surface area (Å²) in [5.41, 5.74) is 0.988. The van der Waals surface area contributed by atoms with Crippen LogP contribution < -0.4 is 5.32 Å². The summed E-state index contributed by atoms with van der Waals surface area (Å²) in [6.07, 6.45) is 0.0895. The van der Waals surface area contributed by atoms with Crippen LogP contribution in [0.4, 0.5) is 10.8 Å². The van der Waals surface area contributed by atoms with Crippen LogP contribution >= 0.6 is 11.5 Å². The summed E-state index contributed by atoms with van der Waals surface area (Å²) in [7, 11) is 0. The summed E-state index contributed by atoms with van der Waals surface area (Å²) in [6.45, 7) is 1.73. The van der Waals surface area contributed by atoms with Crippen molar-refractivity contribution in [3.8, 4) is 0 Å². The number of hydrogen-bond donors (Lipinski definition) is 2. The van der Waals surface area contributed by atoms with Gasteiger partial charge in [0.25, 0.3) is 0 Å². The molecule has 0 aliphatic rings. The Kier molecular flexibility index (Phi) is 3.48. The van der Waals surface area contributed by atoms with Crippen LogP contribution in [-0.4, -0.2) is 20.6 Å². The Labute approximate surface area is 98.1 Å². The van der Waals surface area contributed by atoms with Crippen LogP contribution in [0.1, 0.15) is 12.7 Å². The first kappa shape index (κ1) is 11.0. The number of rotatable bonds is 4. The Morgan fingerprint density at radius 3 is 2.81 bits per heavy atom. The lowest BCUT2D eigenvalue weighted by molar-refractivity contribution is 0.193. The van der Waals surface area contributed by atoms with E-state index >= 15 is 0 Å². The number of hydrogen-bond acceptors (Lipinski definition) is 5. The molecule has 84 valence electrons. The number of aliphatic hydroxyl groups is 1. The molecule has 0 radical (unpaired) electrons. The van der Waals surface area contributed by atoms with Gasteiger partial charge in [0.2, 0.25) is 5.13 Å². The van der Waals surface area contributed by atoms with Crippen LogP contribution in [0.5, 0.6) is 0 Å². The summed E-state index contributed by atoms with van der Waals surface area (Å²) < 4.78 is 4.16. The van der Waals surface area contributed by atoms with Crippen LogP contribution in [0.25, 0.3) is 0 Å². The lowest BCUT2D eigenvalue weighted by Crippen LogP contribution is -2.05. The second-order valence-electron chi connectivity index (χ2n) is 3.56. The number of para-hydroxylation sites is 1. The van der Waals surface area contributed by atoms with Gasteiger partial charge in [-0.05, 0) is 19.1 Å². The largest absolute Gasteiger partial charge is 0.393 e. The fourth-order valence-corrected chi connectivity index (χ4v) is 1.91. The van der Waals surface area contributed by atoms with Crippen molar-refractivity contribution in [2.45, 2.75) is 19.4 Å². The minimum atomic E-state index is -0.404. The maximum Gasteiger partial charge on any atom is 0.207 e. The van der Waals surface area contributed by atoms with Gasteiger partial charge in [0.15, 0.2) is 0 Å². The van der Waals surface area contributed by atoms with E-state index in [2.05, 4.69) is 14.7 Å². The Morgan fingerprint density at radius 1 is 1.38 bits per heavy atom. The van der Waals surface area contributed by atoms with E-state index in [9.17, 15) is 5.11 Å². The summed E-state index contributed by atoms with van der Waals surface area (Å²) >= 11 is 1.30. The number of anilines is 2. The van der Waals surface area contributed by atoms with E-state index in [1.54, 1.807) is 6.92 Å². The molecule has 1 aromatic carbocycles. The van der Waals surface area contributed by atoms with Gasteiger partial charge in [-0.1, -0.05) is 18.2 Å². The van der Waals surface area contributed by atoms with E-state index in [1.807, 2.05) is 30.3 Å². The Hall–Kier alpha value is -1.46. The lowest BCUT2D eigenvalue weighted by Gasteiger charge is -2.00. The predicted octanol–water partition coefficient (Wildman–Crippen LogP) is 2.21. The highest BCUT2D eigenvalue weighted by atomic mass is 32.1. The molecule has 2 N–H and O–H groups in total. The summed E-state index contributed by atoms with van der Waals surface area (Å²) in [4.78, 5) is 4.28. The lowest BCUT2D eigenvalue weighted by atomic mass is 10.3. The van der Waals surface area contributed by atoms with Crippen molar-refractivity contribution < 1.29 is 5.11 Å². The first-order chi connectivity index (χ1) is 7.74. The number of benzene rings is 1. The topological polar surface area (TPSA) is 58.0 Å². The second-order valence-corrected chi connectivity index (χ2v) is 4.31. The molecule has 0 unspecified atom stereocenters. The van der Waals surface area contributed by atoms with Gasteiger partial charge in [0.1, 0.15) is 5.82 Å². The normalized spacial score (nSPS) is 12.4. The van der Waals surface area contributed by atoms with Gasteiger partial charge in [-0.25, -0.2) is 4.98 Å². The highest BCUT2D eigenvalue weighted by Crippen LogP contribution is 2.18. The van der Waals surface area contributed by atoms with Gasteiger partial charge in [0, 0.05) is 23.6 Å². The first-order valence-corrected chi connectivity index (χ1v) is 5.84. The predicted molar refractivity (Wildman–Crippen MR) is 65.0 cm³/mol. The molecule has 1 atom stereocenters. The highest BCUT2D eigenvalue weighted by Gasteiger charge is 2.06. The maximum absolute atomic E-state index is 9.21. The van der Waals surface area contributed by atoms with Crippen molar-refractivity contribution in [2.75, 3.05) is 5.32 Å². The van der Waals surface area contributed by atoms with E-state index in [0.717, 1.165) is 10.8 Å². The Bertz CT molecular complexity index is 442. The van der Waals surface area contributed by atoms with Crippen molar-refractivity contribution >= 4 is 22.4 Å². The molecule has 0 saturated carbocycles. The quantitative estimate of drug-likeness (QED) is 0.853. The van der Waals surface area contributed by atoms with Crippen LogP contribution in [0.3, 0.4) is 0 Å². The minimum absolute atomic E-state index is 0.404. The van der Waals surface area contributed by atoms with Crippen molar-refractivity contribution in [2.24, 2.45) is 0 Å². The maximum atomic E-state index is 9.21. The monoisotopic (exact) mass is 235 g/mol. The van der Waals surface area contributed by atoms with Crippen molar-refractivity contribution in [3.05, 3.63) is 36.2 Å². The molecule has 0 bridgehead atoms. The van der Waals surface area contributed by atoms with Crippen LogP contribution in [0.15, 0.2) is 30.3 Å². The molecule has 0 fully saturated rings. The van der Waals surface area contributed by atoms with Gasteiger partial charge in [-0.3, -0.25) is 0 Å². The third kappa shape index (κ3) is 3.01. The number of nitrogens with one attached hydrogen (secondary N) is 1. The zero-order chi connectivity index (χ0) is 11.4. The van der Waals surface area contributed by atoms with Gasteiger partial charge in [0.05, 0.1) is 6.10 Å². The zero-order valence-electron chi connectivity index (χ0n) is 8.92. The molecular weight excluding hydrogens is 222 g/mol. The molecule has 0 aliphatic heterocycles. The van der Waals surface area contributed by atoms with Gasteiger partial charge in [-0.15, -0.1) is 0 Å². The third-order valence-electron chi connectivity index (χ3n) is 1.97. The molecule has 0 amide bonds. The molecule has 1 aromatic heterocycles. The van der Waals surface area contributed by atoms with Crippen molar-refractivity contribution in [1.29, 1.82) is 0 Å². The Balaban J connectivity index is 2.03. The van der Waals surface area contributed by atoms with E-state index in [4.69, 9.17) is 0 Å². The van der Waals surface area contributed by atoms with Gasteiger partial charge in [-0.2, -0.15) is 4.37 Å². The van der Waals surface area contributed by atoms with Crippen LogP contribution in [0.2, 0.25) is 0 Å². The molecule has 5 heteroatoms. The highest BCUT2D eigenvalue weighted by molar-refractivity contribution is 7.09. The molecule has 2 aromatic rings. The van der Waals surface area contributed by atoms with E-state index in [0.29, 0.717) is 12.2 Å². The molecule has 0 aliphatic carbocycles. The SMILES string of the molecule is C[C@H](O)Cc1nsc(Nc2ccccc2)n1. The standard InChI is InChI=1S/C11H13N3OS/c1-8(15)7-10-13-11(16-14-10)12-9-5-3-2-4-6-9/h2-6,8,15H,7H2,1H3,(H,12,13,14)/t8-/m0/s1. The molecule has 1 heterocycles. The number of nitrogens with zero attached hydrogens (tertiary/aromatic N) is 2.